The lowest BCUT2D eigenvalue weighted by atomic mass is 10.1. The molecule has 0 aromatic carbocycles. The van der Waals surface area contributed by atoms with Crippen LogP contribution < -0.4 is 5.32 Å². The largest absolute Gasteiger partial charge is 0.306 e. The van der Waals surface area contributed by atoms with E-state index in [1.807, 2.05) is 18.2 Å². The van der Waals surface area contributed by atoms with Gasteiger partial charge in [-0.15, -0.1) is 11.8 Å². The molecule has 2 aromatic heterocycles. The van der Waals surface area contributed by atoms with E-state index >= 15 is 0 Å². The predicted molar refractivity (Wildman–Crippen MR) is 73.6 cm³/mol. The molecule has 1 N–H and O–H groups in total. The Morgan fingerprint density at radius 1 is 1.35 bits per heavy atom. The van der Waals surface area contributed by atoms with Crippen LogP contribution in [-0.2, 0) is 6.54 Å². The molecule has 0 amide bonds. The number of hydrogen-bond donors (Lipinski definition) is 1. The zero-order chi connectivity index (χ0) is 12.5. The number of rotatable bonds is 3. The highest BCUT2D eigenvalue weighted by Crippen LogP contribution is 2.21. The van der Waals surface area contributed by atoms with Crippen LogP contribution in [0.2, 0.25) is 0 Å². The lowest BCUT2D eigenvalue weighted by Crippen LogP contribution is -2.35. The van der Waals surface area contributed by atoms with Gasteiger partial charge < -0.3 is 9.72 Å². The molecule has 0 saturated heterocycles. The van der Waals surface area contributed by atoms with Crippen LogP contribution in [-0.4, -0.2) is 21.2 Å². The van der Waals surface area contributed by atoms with Crippen molar-refractivity contribution in [2.75, 3.05) is 6.26 Å². The van der Waals surface area contributed by atoms with Crippen molar-refractivity contribution in [2.24, 2.45) is 0 Å². The van der Waals surface area contributed by atoms with E-state index in [0.717, 1.165) is 17.2 Å². The van der Waals surface area contributed by atoms with Crippen LogP contribution in [0.4, 0.5) is 0 Å². The molecule has 0 atom stereocenters. The number of nitrogens with zero attached hydrogens (tertiary/aromatic N) is 2. The van der Waals surface area contributed by atoms with Gasteiger partial charge in [0.15, 0.2) is 0 Å². The SMILES string of the molecule is CSc1nc2ccccn2c1CNC(C)(C)C. The molecule has 0 radical (unpaired) electrons. The second-order valence-electron chi connectivity index (χ2n) is 5.10. The standard InChI is InChI=1S/C13H19N3S/c1-13(2,3)14-9-10-12(17-4)15-11-7-5-6-8-16(10)11/h5-8,14H,9H2,1-4H3. The number of fused-ring (bicyclic) bond motifs is 1. The normalized spacial score (nSPS) is 12.2. The molecular weight excluding hydrogens is 230 g/mol. The topological polar surface area (TPSA) is 29.3 Å². The molecule has 0 spiro atoms. The van der Waals surface area contributed by atoms with Gasteiger partial charge in [0.1, 0.15) is 10.7 Å². The Hall–Kier alpha value is -1.00. The van der Waals surface area contributed by atoms with Crippen molar-refractivity contribution < 1.29 is 0 Å². The summed E-state index contributed by atoms with van der Waals surface area (Å²) in [6.45, 7) is 7.36. The van der Waals surface area contributed by atoms with E-state index in [9.17, 15) is 0 Å². The lowest BCUT2D eigenvalue weighted by Gasteiger charge is -2.20. The highest BCUT2D eigenvalue weighted by Gasteiger charge is 2.14. The summed E-state index contributed by atoms with van der Waals surface area (Å²) in [6.07, 6.45) is 4.14. The van der Waals surface area contributed by atoms with Gasteiger partial charge in [0, 0.05) is 18.3 Å². The summed E-state index contributed by atoms with van der Waals surface area (Å²) in [7, 11) is 0. The Balaban J connectivity index is 2.37. The monoisotopic (exact) mass is 249 g/mol. The molecule has 0 bridgehead atoms. The van der Waals surface area contributed by atoms with Gasteiger partial charge in [-0.25, -0.2) is 4.98 Å². The number of imidazole rings is 1. The van der Waals surface area contributed by atoms with Crippen molar-refractivity contribution in [1.82, 2.24) is 14.7 Å². The number of aromatic nitrogens is 2. The molecule has 3 nitrogen and oxygen atoms in total. The van der Waals surface area contributed by atoms with Crippen molar-refractivity contribution in [3.05, 3.63) is 30.1 Å². The fourth-order valence-corrected chi connectivity index (χ4v) is 2.29. The average molecular weight is 249 g/mol. The smallest absolute Gasteiger partial charge is 0.138 e. The molecule has 4 heteroatoms. The van der Waals surface area contributed by atoms with Crippen LogP contribution in [0.5, 0.6) is 0 Å². The highest BCUT2D eigenvalue weighted by molar-refractivity contribution is 7.98. The zero-order valence-corrected chi connectivity index (χ0v) is 11.6. The Morgan fingerprint density at radius 3 is 2.76 bits per heavy atom. The molecule has 0 aliphatic heterocycles. The number of pyridine rings is 1. The summed E-state index contributed by atoms with van der Waals surface area (Å²) in [4.78, 5) is 4.62. The number of hydrogen-bond acceptors (Lipinski definition) is 3. The van der Waals surface area contributed by atoms with Crippen molar-refractivity contribution in [3.63, 3.8) is 0 Å². The molecular formula is C13H19N3S. The maximum absolute atomic E-state index is 4.62. The van der Waals surface area contributed by atoms with Gasteiger partial charge in [-0.2, -0.15) is 0 Å². The Bertz CT molecular complexity index is 511. The van der Waals surface area contributed by atoms with E-state index in [1.165, 1.54) is 5.69 Å². The number of thioether (sulfide) groups is 1. The summed E-state index contributed by atoms with van der Waals surface area (Å²) >= 11 is 1.70. The second kappa shape index (κ2) is 4.70. The maximum Gasteiger partial charge on any atom is 0.138 e. The van der Waals surface area contributed by atoms with Gasteiger partial charge in [0.25, 0.3) is 0 Å². The molecule has 2 heterocycles. The van der Waals surface area contributed by atoms with Crippen LogP contribution >= 0.6 is 11.8 Å². The van der Waals surface area contributed by atoms with Crippen LogP contribution in [0.25, 0.3) is 5.65 Å². The second-order valence-corrected chi connectivity index (χ2v) is 5.90. The quantitative estimate of drug-likeness (QED) is 0.848. The molecule has 17 heavy (non-hydrogen) atoms. The Morgan fingerprint density at radius 2 is 2.12 bits per heavy atom. The third-order valence-electron chi connectivity index (χ3n) is 2.57. The van der Waals surface area contributed by atoms with Gasteiger partial charge in [0.2, 0.25) is 0 Å². The first kappa shape index (κ1) is 12.5. The summed E-state index contributed by atoms with van der Waals surface area (Å²) in [5.74, 6) is 0. The third-order valence-corrected chi connectivity index (χ3v) is 3.29. The first-order valence-corrected chi connectivity index (χ1v) is 6.99. The van der Waals surface area contributed by atoms with Crippen LogP contribution in [0.1, 0.15) is 26.5 Å². The molecule has 0 fully saturated rings. The summed E-state index contributed by atoms with van der Waals surface area (Å²) < 4.78 is 2.16. The average Bonchev–Trinajstić information content (AvgIpc) is 2.63. The predicted octanol–water partition coefficient (Wildman–Crippen LogP) is 2.94. The fraction of sp³-hybridized carbons (Fsp3) is 0.462. The van der Waals surface area contributed by atoms with E-state index in [0.29, 0.717) is 0 Å². The summed E-state index contributed by atoms with van der Waals surface area (Å²) in [5.41, 5.74) is 2.37. The van der Waals surface area contributed by atoms with Crippen molar-refractivity contribution in [3.8, 4) is 0 Å². The van der Waals surface area contributed by atoms with Gasteiger partial charge in [-0.3, -0.25) is 0 Å². The lowest BCUT2D eigenvalue weighted by molar-refractivity contribution is 0.418. The van der Waals surface area contributed by atoms with E-state index in [1.54, 1.807) is 11.8 Å². The maximum atomic E-state index is 4.62. The van der Waals surface area contributed by atoms with Crippen molar-refractivity contribution >= 4 is 17.4 Å². The van der Waals surface area contributed by atoms with Gasteiger partial charge in [0.05, 0.1) is 5.69 Å². The van der Waals surface area contributed by atoms with Gasteiger partial charge in [-0.1, -0.05) is 6.07 Å². The molecule has 0 aliphatic rings. The van der Waals surface area contributed by atoms with E-state index in [2.05, 4.69) is 47.9 Å². The van der Waals surface area contributed by atoms with Crippen molar-refractivity contribution in [1.29, 1.82) is 0 Å². The zero-order valence-electron chi connectivity index (χ0n) is 10.8. The van der Waals surface area contributed by atoms with Gasteiger partial charge >= 0.3 is 0 Å². The minimum atomic E-state index is 0.120. The van der Waals surface area contributed by atoms with E-state index < -0.39 is 0 Å². The highest BCUT2D eigenvalue weighted by atomic mass is 32.2. The third kappa shape index (κ3) is 2.82. The molecule has 92 valence electrons. The van der Waals surface area contributed by atoms with Crippen LogP contribution in [0, 0.1) is 0 Å². The van der Waals surface area contributed by atoms with E-state index in [-0.39, 0.29) is 5.54 Å². The van der Waals surface area contributed by atoms with E-state index in [4.69, 9.17) is 0 Å². The first-order chi connectivity index (χ1) is 8.01. The minimum Gasteiger partial charge on any atom is -0.306 e. The van der Waals surface area contributed by atoms with Gasteiger partial charge in [-0.05, 0) is 39.2 Å². The van der Waals surface area contributed by atoms with Crippen LogP contribution in [0.3, 0.4) is 0 Å². The van der Waals surface area contributed by atoms with Crippen LogP contribution in [0.15, 0.2) is 29.4 Å². The molecule has 2 aromatic rings. The molecule has 0 unspecified atom stereocenters. The minimum absolute atomic E-state index is 0.120. The Labute approximate surface area is 107 Å². The molecule has 0 aliphatic carbocycles. The Kier molecular flexibility index (Phi) is 3.45. The number of nitrogens with one attached hydrogen (secondary N) is 1. The first-order valence-electron chi connectivity index (χ1n) is 5.76. The fourth-order valence-electron chi connectivity index (χ4n) is 1.70. The summed E-state index contributed by atoms with van der Waals surface area (Å²) in [5, 5.41) is 4.62. The molecule has 2 rings (SSSR count). The molecule has 0 saturated carbocycles. The summed E-state index contributed by atoms with van der Waals surface area (Å²) in [6, 6.07) is 6.10. The van der Waals surface area contributed by atoms with Crippen molar-refractivity contribution in [2.45, 2.75) is 37.9 Å².